The highest BCUT2D eigenvalue weighted by Crippen LogP contribution is 2.37. The average molecular weight is 422 g/mol. The van der Waals surface area contributed by atoms with E-state index < -0.39 is 0 Å². The lowest BCUT2D eigenvalue weighted by Gasteiger charge is -2.23. The quantitative estimate of drug-likeness (QED) is 0.597. The molecule has 0 radical (unpaired) electrons. The predicted molar refractivity (Wildman–Crippen MR) is 121 cm³/mol. The van der Waals surface area contributed by atoms with Crippen LogP contribution in [-0.2, 0) is 0 Å². The zero-order valence-electron chi connectivity index (χ0n) is 17.8. The van der Waals surface area contributed by atoms with Crippen LogP contribution in [0.4, 0.5) is 10.1 Å². The second-order valence-corrected chi connectivity index (χ2v) is 8.44. The lowest BCUT2D eigenvalue weighted by molar-refractivity contribution is 0.306. The van der Waals surface area contributed by atoms with E-state index in [1.165, 1.54) is 12.5 Å². The van der Waals surface area contributed by atoms with E-state index in [1.54, 1.807) is 18.3 Å². The number of pyridine rings is 2. The van der Waals surface area contributed by atoms with Crippen molar-refractivity contribution in [3.05, 3.63) is 48.4 Å². The normalized spacial score (nSPS) is 20.8. The number of nitrogens with one attached hydrogen (secondary N) is 2. The van der Waals surface area contributed by atoms with E-state index in [4.69, 9.17) is 9.72 Å². The molecule has 7 heteroatoms. The third kappa shape index (κ3) is 4.20. The fourth-order valence-electron chi connectivity index (χ4n) is 4.73. The van der Waals surface area contributed by atoms with Gasteiger partial charge in [0.15, 0.2) is 0 Å². The topological polar surface area (TPSA) is 62.3 Å². The van der Waals surface area contributed by atoms with Crippen molar-refractivity contribution in [1.29, 1.82) is 0 Å². The first-order chi connectivity index (χ1) is 15.2. The molecule has 0 aliphatic carbocycles. The van der Waals surface area contributed by atoms with E-state index in [0.29, 0.717) is 24.3 Å². The van der Waals surface area contributed by atoms with Crippen LogP contribution in [-0.4, -0.2) is 56.3 Å². The van der Waals surface area contributed by atoms with Gasteiger partial charge in [0.2, 0.25) is 5.88 Å². The Morgan fingerprint density at radius 3 is 2.90 bits per heavy atom. The van der Waals surface area contributed by atoms with Crippen molar-refractivity contribution in [1.82, 2.24) is 20.6 Å². The second kappa shape index (κ2) is 8.77. The number of halogens is 1. The van der Waals surface area contributed by atoms with Crippen molar-refractivity contribution in [2.75, 3.05) is 51.3 Å². The summed E-state index contributed by atoms with van der Waals surface area (Å²) in [7, 11) is 1.89. The zero-order chi connectivity index (χ0) is 21.2. The van der Waals surface area contributed by atoms with Crippen LogP contribution < -0.4 is 20.3 Å². The van der Waals surface area contributed by atoms with Crippen LogP contribution in [0.1, 0.15) is 6.42 Å². The summed E-state index contributed by atoms with van der Waals surface area (Å²) in [4.78, 5) is 11.7. The highest BCUT2D eigenvalue weighted by Gasteiger charge is 2.35. The van der Waals surface area contributed by atoms with Gasteiger partial charge in [-0.05, 0) is 68.7 Å². The molecule has 162 valence electrons. The molecule has 2 fully saturated rings. The molecule has 0 spiro atoms. The molecule has 2 aliphatic heterocycles. The molecule has 2 atom stereocenters. The van der Waals surface area contributed by atoms with E-state index in [2.05, 4.69) is 26.6 Å². The van der Waals surface area contributed by atoms with Gasteiger partial charge in [0.25, 0.3) is 0 Å². The number of rotatable bonds is 6. The Labute approximate surface area is 181 Å². The monoisotopic (exact) mass is 421 g/mol. The van der Waals surface area contributed by atoms with Crippen LogP contribution in [0.5, 0.6) is 5.88 Å². The molecule has 2 saturated heterocycles. The molecule has 2 aromatic heterocycles. The molecule has 0 bridgehead atoms. The number of benzene rings is 1. The molecule has 2 aliphatic rings. The molecular weight excluding hydrogens is 393 g/mol. The number of piperidine rings is 1. The summed E-state index contributed by atoms with van der Waals surface area (Å²) in [5.74, 6) is 1.70. The molecule has 4 heterocycles. The molecule has 0 amide bonds. The fourth-order valence-corrected chi connectivity index (χ4v) is 4.73. The Balaban J connectivity index is 1.49. The second-order valence-electron chi connectivity index (χ2n) is 8.44. The van der Waals surface area contributed by atoms with Crippen LogP contribution in [0.3, 0.4) is 0 Å². The van der Waals surface area contributed by atoms with Crippen molar-refractivity contribution in [3.8, 4) is 17.1 Å². The largest absolute Gasteiger partial charge is 0.476 e. The third-order valence-electron chi connectivity index (χ3n) is 6.40. The first-order valence-corrected chi connectivity index (χ1v) is 11.0. The maximum atomic E-state index is 14.1. The SMILES string of the molecule is CNCCOc1ccc(-c2cc(N3C[C@H]4CNCC[C@H]4C3)c3cc(F)ccc3n2)cn1. The van der Waals surface area contributed by atoms with E-state index in [0.717, 1.165) is 60.6 Å². The number of fused-ring (bicyclic) bond motifs is 2. The lowest BCUT2D eigenvalue weighted by atomic mass is 9.90. The smallest absolute Gasteiger partial charge is 0.213 e. The summed E-state index contributed by atoms with van der Waals surface area (Å²) in [6.07, 6.45) is 2.99. The van der Waals surface area contributed by atoms with Gasteiger partial charge in [-0.25, -0.2) is 14.4 Å². The third-order valence-corrected chi connectivity index (χ3v) is 6.40. The molecule has 1 aromatic carbocycles. The van der Waals surface area contributed by atoms with Crippen molar-refractivity contribution >= 4 is 16.6 Å². The first kappa shape index (κ1) is 20.2. The zero-order valence-corrected chi connectivity index (χ0v) is 17.8. The van der Waals surface area contributed by atoms with Gasteiger partial charge in [0.05, 0.1) is 11.2 Å². The average Bonchev–Trinajstić information content (AvgIpc) is 3.23. The van der Waals surface area contributed by atoms with Crippen molar-refractivity contribution < 1.29 is 9.13 Å². The molecule has 0 saturated carbocycles. The Kier molecular flexibility index (Phi) is 5.70. The van der Waals surface area contributed by atoms with Crippen LogP contribution in [0, 0.1) is 17.7 Å². The van der Waals surface area contributed by atoms with E-state index >= 15 is 0 Å². The Morgan fingerprint density at radius 2 is 2.10 bits per heavy atom. The number of anilines is 1. The van der Waals surface area contributed by atoms with Gasteiger partial charge >= 0.3 is 0 Å². The molecule has 3 aromatic rings. The van der Waals surface area contributed by atoms with Crippen molar-refractivity contribution in [2.45, 2.75) is 6.42 Å². The van der Waals surface area contributed by atoms with Crippen molar-refractivity contribution in [3.63, 3.8) is 0 Å². The van der Waals surface area contributed by atoms with Crippen LogP contribution in [0.2, 0.25) is 0 Å². The highest BCUT2D eigenvalue weighted by molar-refractivity contribution is 5.94. The number of nitrogens with zero attached hydrogens (tertiary/aromatic N) is 3. The predicted octanol–water partition coefficient (Wildman–Crippen LogP) is 3.08. The number of hydrogen-bond donors (Lipinski definition) is 2. The summed E-state index contributed by atoms with van der Waals surface area (Å²) in [5.41, 5.74) is 3.63. The Morgan fingerprint density at radius 1 is 1.19 bits per heavy atom. The molecule has 0 unspecified atom stereocenters. The Hall–Kier alpha value is -2.77. The van der Waals surface area contributed by atoms with Gasteiger partial charge < -0.3 is 20.3 Å². The van der Waals surface area contributed by atoms with E-state index in [9.17, 15) is 4.39 Å². The van der Waals surface area contributed by atoms with Gasteiger partial charge in [-0.1, -0.05) is 0 Å². The summed E-state index contributed by atoms with van der Waals surface area (Å²) in [6, 6.07) is 10.8. The summed E-state index contributed by atoms with van der Waals surface area (Å²) in [6.45, 7) is 5.48. The summed E-state index contributed by atoms with van der Waals surface area (Å²) < 4.78 is 19.7. The van der Waals surface area contributed by atoms with Gasteiger partial charge in [-0.2, -0.15) is 0 Å². The van der Waals surface area contributed by atoms with Crippen molar-refractivity contribution in [2.24, 2.45) is 11.8 Å². The standard InChI is InChI=1S/C24H28FN5O/c1-26-8-9-31-24-5-2-16(13-28-24)22-11-23(20-10-19(25)3-4-21(20)29-22)30-14-17-6-7-27-12-18(17)15-30/h2-5,10-11,13,17-18,26-27H,6-9,12,14-15H2,1H3/t17-,18+/m0/s1. The maximum absolute atomic E-state index is 14.1. The van der Waals surface area contributed by atoms with Gasteiger partial charge in [-0.3, -0.25) is 0 Å². The molecule has 5 rings (SSSR count). The van der Waals surface area contributed by atoms with Gasteiger partial charge in [0.1, 0.15) is 12.4 Å². The minimum atomic E-state index is -0.230. The molecular formula is C24H28FN5O. The Bertz CT molecular complexity index is 1040. The fraction of sp³-hybridized carbons (Fsp3) is 0.417. The number of ether oxygens (including phenoxy) is 1. The minimum Gasteiger partial charge on any atom is -0.476 e. The van der Waals surface area contributed by atoms with Crippen LogP contribution in [0.15, 0.2) is 42.6 Å². The van der Waals surface area contributed by atoms with E-state index in [1.807, 2.05) is 19.2 Å². The number of hydrogen-bond acceptors (Lipinski definition) is 6. The maximum Gasteiger partial charge on any atom is 0.213 e. The number of aromatic nitrogens is 2. The molecule has 6 nitrogen and oxygen atoms in total. The first-order valence-electron chi connectivity index (χ1n) is 11.0. The lowest BCUT2D eigenvalue weighted by Crippen LogP contribution is -2.35. The summed E-state index contributed by atoms with van der Waals surface area (Å²) in [5, 5.41) is 7.43. The molecule has 31 heavy (non-hydrogen) atoms. The number of likely N-dealkylation sites (N-methyl/N-ethyl adjacent to an activating group) is 1. The van der Waals surface area contributed by atoms with Crippen LogP contribution in [0.25, 0.3) is 22.2 Å². The minimum absolute atomic E-state index is 0.230. The molecule has 2 N–H and O–H groups in total. The van der Waals surface area contributed by atoms with E-state index in [-0.39, 0.29) is 5.82 Å². The highest BCUT2D eigenvalue weighted by atomic mass is 19.1. The van der Waals surface area contributed by atoms with Gasteiger partial charge in [0, 0.05) is 48.5 Å². The summed E-state index contributed by atoms with van der Waals surface area (Å²) >= 11 is 0. The van der Waals surface area contributed by atoms with Crippen LogP contribution >= 0.6 is 0 Å². The van der Waals surface area contributed by atoms with Gasteiger partial charge in [-0.15, -0.1) is 0 Å².